The van der Waals surface area contributed by atoms with Crippen LogP contribution in [0.25, 0.3) is 0 Å². The van der Waals surface area contributed by atoms with E-state index in [1.165, 1.54) is 37.2 Å². The molecular weight excluding hydrogens is 544 g/mol. The fourth-order valence-electron chi connectivity index (χ4n) is 5.03. The van der Waals surface area contributed by atoms with Crippen LogP contribution in [0.1, 0.15) is 42.6 Å². The van der Waals surface area contributed by atoms with Crippen LogP contribution in [0.4, 0.5) is 11.4 Å². The summed E-state index contributed by atoms with van der Waals surface area (Å²) in [5.74, 6) is -3.85. The van der Waals surface area contributed by atoms with Crippen LogP contribution in [0.2, 0.25) is 0 Å². The van der Waals surface area contributed by atoms with E-state index in [-0.39, 0.29) is 34.2 Å². The molecule has 0 fully saturated rings. The van der Waals surface area contributed by atoms with E-state index in [4.69, 9.17) is 0 Å². The molecular formula is C26H30N4O7S2. The first-order chi connectivity index (χ1) is 18.1. The highest BCUT2D eigenvalue weighted by Gasteiger charge is 2.58. The Kier molecular flexibility index (Phi) is 7.19. The lowest BCUT2D eigenvalue weighted by molar-refractivity contribution is -0.143. The highest BCUT2D eigenvalue weighted by molar-refractivity contribution is 7.92. The molecule has 13 heteroatoms. The number of amides is 1. The maximum Gasteiger partial charge on any atom is 0.286 e. The van der Waals surface area contributed by atoms with Gasteiger partial charge in [-0.2, -0.15) is 8.42 Å². The minimum absolute atomic E-state index is 0.00306. The van der Waals surface area contributed by atoms with Gasteiger partial charge in [-0.3, -0.25) is 19.1 Å². The van der Waals surface area contributed by atoms with Crippen molar-refractivity contribution in [2.75, 3.05) is 30.4 Å². The molecule has 2 aliphatic rings. The van der Waals surface area contributed by atoms with Crippen molar-refractivity contribution in [2.24, 2.45) is 16.2 Å². The topological polar surface area (TPSA) is 159 Å². The fourth-order valence-corrected chi connectivity index (χ4v) is 6.76. The molecule has 2 atom stereocenters. The quantitative estimate of drug-likeness (QED) is 0.477. The highest BCUT2D eigenvalue weighted by atomic mass is 32.2. The standard InChI is InChI=1S/C26H30N4O7S2/c1-15(2)12-13-26(25(33)30(3)4)18-9-7-6-8-17(18)22(31)21(23(26)32)24-27-19-11-10-16(28-38(5,34)35)14-20(19)39(36,37)29-24/h6-11,14-15,21,28H,12-13H2,1-5H3,(H,27,29). The predicted molar refractivity (Wildman–Crippen MR) is 147 cm³/mol. The molecule has 2 aromatic carbocycles. The van der Waals surface area contributed by atoms with Gasteiger partial charge in [0.25, 0.3) is 10.0 Å². The second-order valence-corrected chi connectivity index (χ2v) is 13.7. The van der Waals surface area contributed by atoms with Crippen molar-refractivity contribution in [1.82, 2.24) is 4.90 Å². The molecule has 1 aliphatic carbocycles. The van der Waals surface area contributed by atoms with Crippen LogP contribution in [-0.4, -0.2) is 65.4 Å². The van der Waals surface area contributed by atoms with E-state index < -0.39 is 54.7 Å². The Balaban J connectivity index is 1.89. The van der Waals surface area contributed by atoms with Gasteiger partial charge in [-0.05, 0) is 42.5 Å². The van der Waals surface area contributed by atoms with Gasteiger partial charge in [0.15, 0.2) is 11.6 Å². The molecule has 1 amide bonds. The van der Waals surface area contributed by atoms with Crippen molar-refractivity contribution in [2.45, 2.75) is 37.0 Å². The number of carbonyl (C=O) groups is 3. The van der Waals surface area contributed by atoms with Crippen molar-refractivity contribution in [3.05, 3.63) is 53.6 Å². The maximum absolute atomic E-state index is 14.4. The number of rotatable bonds is 7. The first-order valence-electron chi connectivity index (χ1n) is 12.2. The number of likely N-dealkylation sites (N-methyl/N-ethyl adjacent to an activating group) is 1. The van der Waals surface area contributed by atoms with Gasteiger partial charge >= 0.3 is 0 Å². The Labute approximate surface area is 227 Å². The average molecular weight is 575 g/mol. The van der Waals surface area contributed by atoms with Crippen LogP contribution in [0.3, 0.4) is 0 Å². The van der Waals surface area contributed by atoms with E-state index in [0.29, 0.717) is 12.0 Å². The summed E-state index contributed by atoms with van der Waals surface area (Å²) >= 11 is 0. The minimum Gasteiger partial charge on any atom is -0.348 e. The third kappa shape index (κ3) is 5.08. The Bertz CT molecular complexity index is 1630. The van der Waals surface area contributed by atoms with Crippen molar-refractivity contribution >= 4 is 54.7 Å². The number of nitrogens with zero attached hydrogens (tertiary/aromatic N) is 2. The monoisotopic (exact) mass is 574 g/mol. The molecule has 208 valence electrons. The van der Waals surface area contributed by atoms with Crippen molar-refractivity contribution < 1.29 is 31.2 Å². The number of fused-ring (bicyclic) bond motifs is 2. The number of amidine groups is 1. The van der Waals surface area contributed by atoms with E-state index in [0.717, 1.165) is 12.3 Å². The fraction of sp³-hybridized carbons (Fsp3) is 0.385. The van der Waals surface area contributed by atoms with E-state index in [1.807, 2.05) is 13.8 Å². The van der Waals surface area contributed by atoms with Crippen LogP contribution >= 0.6 is 0 Å². The number of anilines is 2. The number of Topliss-reactive ketones (excluding diaryl/α,β-unsaturated/α-hetero) is 2. The molecule has 39 heavy (non-hydrogen) atoms. The maximum atomic E-state index is 14.4. The summed E-state index contributed by atoms with van der Waals surface area (Å²) < 4.78 is 55.7. The number of benzene rings is 2. The van der Waals surface area contributed by atoms with Gasteiger partial charge in [0.2, 0.25) is 15.9 Å². The van der Waals surface area contributed by atoms with Gasteiger partial charge in [0.1, 0.15) is 22.1 Å². The molecule has 0 aromatic heterocycles. The molecule has 2 unspecified atom stereocenters. The van der Waals surface area contributed by atoms with Gasteiger partial charge in [-0.1, -0.05) is 38.1 Å². The van der Waals surface area contributed by atoms with Crippen LogP contribution in [0.15, 0.2) is 51.8 Å². The zero-order valence-corrected chi connectivity index (χ0v) is 23.8. The van der Waals surface area contributed by atoms with E-state index in [9.17, 15) is 31.2 Å². The summed E-state index contributed by atoms with van der Waals surface area (Å²) in [6, 6.07) is 10.2. The van der Waals surface area contributed by atoms with Gasteiger partial charge in [-0.15, -0.1) is 4.40 Å². The van der Waals surface area contributed by atoms with Crippen molar-refractivity contribution in [1.29, 1.82) is 0 Å². The molecule has 1 heterocycles. The van der Waals surface area contributed by atoms with Crippen LogP contribution in [0, 0.1) is 11.8 Å². The Morgan fingerprint density at radius 2 is 1.82 bits per heavy atom. The molecule has 2 N–H and O–H groups in total. The Hall–Kier alpha value is -3.58. The lowest BCUT2D eigenvalue weighted by atomic mass is 9.61. The second kappa shape index (κ2) is 9.87. The molecule has 2 aromatic rings. The predicted octanol–water partition coefficient (Wildman–Crippen LogP) is 2.41. The van der Waals surface area contributed by atoms with Crippen LogP contribution < -0.4 is 10.0 Å². The zero-order chi connectivity index (χ0) is 28.9. The first kappa shape index (κ1) is 28.4. The number of carbonyl (C=O) groups excluding carboxylic acids is 3. The molecule has 0 saturated carbocycles. The smallest absolute Gasteiger partial charge is 0.286 e. The van der Waals surface area contributed by atoms with Crippen molar-refractivity contribution in [3.63, 3.8) is 0 Å². The summed E-state index contributed by atoms with van der Waals surface area (Å²) in [6.07, 6.45) is 1.55. The van der Waals surface area contributed by atoms with Gasteiger partial charge in [0.05, 0.1) is 11.9 Å². The zero-order valence-electron chi connectivity index (χ0n) is 22.2. The molecule has 0 bridgehead atoms. The molecule has 0 radical (unpaired) electrons. The molecule has 4 rings (SSSR count). The van der Waals surface area contributed by atoms with E-state index in [1.54, 1.807) is 18.2 Å². The number of ketones is 2. The first-order valence-corrected chi connectivity index (χ1v) is 15.5. The minimum atomic E-state index is -4.45. The Morgan fingerprint density at radius 3 is 2.44 bits per heavy atom. The normalized spacial score (nSPS) is 21.9. The lowest BCUT2D eigenvalue weighted by Crippen LogP contribution is -2.59. The highest BCUT2D eigenvalue weighted by Crippen LogP contribution is 2.44. The average Bonchev–Trinajstić information content (AvgIpc) is 2.83. The van der Waals surface area contributed by atoms with E-state index in [2.05, 4.69) is 14.4 Å². The number of hydrogen-bond acceptors (Lipinski definition) is 8. The molecule has 11 nitrogen and oxygen atoms in total. The van der Waals surface area contributed by atoms with Crippen LogP contribution in [-0.2, 0) is 35.1 Å². The molecule has 1 aliphatic heterocycles. The number of hydrogen-bond donors (Lipinski definition) is 2. The van der Waals surface area contributed by atoms with Crippen LogP contribution in [0.5, 0.6) is 0 Å². The molecule has 0 spiro atoms. The number of nitrogens with one attached hydrogen (secondary N) is 2. The summed E-state index contributed by atoms with van der Waals surface area (Å²) in [5, 5.41) is 2.80. The van der Waals surface area contributed by atoms with E-state index >= 15 is 0 Å². The van der Waals surface area contributed by atoms with Crippen molar-refractivity contribution in [3.8, 4) is 0 Å². The van der Waals surface area contributed by atoms with Gasteiger partial charge in [0, 0.05) is 25.3 Å². The lowest BCUT2D eigenvalue weighted by Gasteiger charge is -2.41. The second-order valence-electron chi connectivity index (χ2n) is 10.4. The van der Waals surface area contributed by atoms with Gasteiger partial charge < -0.3 is 10.2 Å². The summed E-state index contributed by atoms with van der Waals surface area (Å²) in [7, 11) is -5.07. The SMILES string of the molecule is CC(C)CCC1(C(=O)N(C)C)C(=O)C(C2=NS(=O)(=O)c3cc(NS(C)(=O)=O)ccc3N2)C(=O)c2ccccc21. The summed E-state index contributed by atoms with van der Waals surface area (Å²) in [6.45, 7) is 3.91. The van der Waals surface area contributed by atoms with Gasteiger partial charge in [-0.25, -0.2) is 8.42 Å². The molecule has 0 saturated heterocycles. The third-order valence-corrected chi connectivity index (χ3v) is 8.72. The Morgan fingerprint density at radius 1 is 1.15 bits per heavy atom. The third-order valence-electron chi connectivity index (χ3n) is 6.78. The largest absolute Gasteiger partial charge is 0.348 e. The summed E-state index contributed by atoms with van der Waals surface area (Å²) in [5.41, 5.74) is -1.25. The number of sulfonamides is 2. The summed E-state index contributed by atoms with van der Waals surface area (Å²) in [4.78, 5) is 42.8.